The second-order valence-corrected chi connectivity index (χ2v) is 3.69. The zero-order chi connectivity index (χ0) is 14.1. The van der Waals surface area contributed by atoms with Gasteiger partial charge in [0.2, 0.25) is 5.91 Å². The molecule has 2 amide bonds. The SMILES string of the molecule is CN(C(=O)O)C(=O)CCl.COC(C)(C)C=NO. The number of amides is 2. The molecule has 0 aromatic heterocycles. The summed E-state index contributed by atoms with van der Waals surface area (Å²) in [6, 6.07) is 0. The normalized spacial score (nSPS) is 10.6. The van der Waals surface area contributed by atoms with Crippen LogP contribution in [-0.2, 0) is 9.53 Å². The van der Waals surface area contributed by atoms with Gasteiger partial charge < -0.3 is 15.1 Å². The number of ether oxygens (including phenoxy) is 1. The van der Waals surface area contributed by atoms with Gasteiger partial charge >= 0.3 is 6.09 Å². The van der Waals surface area contributed by atoms with Crippen molar-refractivity contribution in [1.82, 2.24) is 4.90 Å². The number of imide groups is 1. The standard InChI is InChI=1S/C5H11NO2.C4H6ClNO3/c1-5(2,8-3)4-6-7;1-6(4(8)9)3(7)2-5/h4,7H,1-3H3;2H2,1H3,(H,8,9). The van der Waals surface area contributed by atoms with Crippen LogP contribution < -0.4 is 0 Å². The summed E-state index contributed by atoms with van der Waals surface area (Å²) in [5.41, 5.74) is -0.450. The molecule has 0 saturated carbocycles. The molecule has 0 aromatic rings. The van der Waals surface area contributed by atoms with Crippen LogP contribution in [0.2, 0.25) is 0 Å². The lowest BCUT2D eigenvalue weighted by Gasteiger charge is -2.14. The summed E-state index contributed by atoms with van der Waals surface area (Å²) in [6.45, 7) is 3.60. The molecule has 0 aliphatic heterocycles. The summed E-state index contributed by atoms with van der Waals surface area (Å²) in [4.78, 5) is 20.8. The Kier molecular flexibility index (Phi) is 9.31. The van der Waals surface area contributed by atoms with Crippen LogP contribution in [0.4, 0.5) is 4.79 Å². The average Bonchev–Trinajstić information content (AvgIpc) is 2.27. The molecular weight excluding hydrogens is 252 g/mol. The summed E-state index contributed by atoms with van der Waals surface area (Å²) in [6.07, 6.45) is 0.0353. The summed E-state index contributed by atoms with van der Waals surface area (Å²) in [5.74, 6) is -0.924. The summed E-state index contributed by atoms with van der Waals surface area (Å²) in [5, 5.41) is 19.0. The molecule has 0 aliphatic rings. The minimum atomic E-state index is -1.29. The molecule has 2 N–H and O–H groups in total. The van der Waals surface area contributed by atoms with Gasteiger partial charge in [0.25, 0.3) is 0 Å². The second kappa shape index (κ2) is 8.77. The number of nitrogens with zero attached hydrogens (tertiary/aromatic N) is 2. The van der Waals surface area contributed by atoms with E-state index in [4.69, 9.17) is 26.7 Å². The first-order chi connectivity index (χ1) is 7.71. The van der Waals surface area contributed by atoms with E-state index in [9.17, 15) is 9.59 Å². The van der Waals surface area contributed by atoms with E-state index in [0.29, 0.717) is 4.90 Å². The third-order valence-electron chi connectivity index (χ3n) is 1.67. The fraction of sp³-hybridized carbons (Fsp3) is 0.667. The van der Waals surface area contributed by atoms with Gasteiger partial charge in [0, 0.05) is 14.2 Å². The number of hydrogen-bond acceptors (Lipinski definition) is 5. The molecule has 0 fully saturated rings. The van der Waals surface area contributed by atoms with Crippen molar-refractivity contribution in [2.45, 2.75) is 19.4 Å². The number of hydrogen-bond donors (Lipinski definition) is 2. The van der Waals surface area contributed by atoms with Crippen LogP contribution in [0.3, 0.4) is 0 Å². The Morgan fingerprint density at radius 2 is 2.00 bits per heavy atom. The van der Waals surface area contributed by atoms with Crippen LogP contribution in [0, 0.1) is 0 Å². The van der Waals surface area contributed by atoms with Crippen LogP contribution in [0.25, 0.3) is 0 Å². The van der Waals surface area contributed by atoms with Crippen molar-refractivity contribution in [3.8, 4) is 0 Å². The summed E-state index contributed by atoms with van der Waals surface area (Å²) >= 11 is 5.04. The number of halogens is 1. The second-order valence-electron chi connectivity index (χ2n) is 3.42. The summed E-state index contributed by atoms with van der Waals surface area (Å²) < 4.78 is 4.87. The van der Waals surface area contributed by atoms with E-state index in [0.717, 1.165) is 7.05 Å². The van der Waals surface area contributed by atoms with Crippen molar-refractivity contribution in [3.05, 3.63) is 0 Å². The van der Waals surface area contributed by atoms with Gasteiger partial charge in [-0.2, -0.15) is 0 Å². The lowest BCUT2D eigenvalue weighted by molar-refractivity contribution is -0.125. The minimum absolute atomic E-state index is 0.303. The molecule has 100 valence electrons. The Bertz CT molecular complexity index is 281. The van der Waals surface area contributed by atoms with Gasteiger partial charge in [0.15, 0.2) is 0 Å². The third-order valence-corrected chi connectivity index (χ3v) is 1.90. The molecule has 17 heavy (non-hydrogen) atoms. The van der Waals surface area contributed by atoms with E-state index < -0.39 is 17.6 Å². The highest BCUT2D eigenvalue weighted by Crippen LogP contribution is 2.01. The molecule has 8 heteroatoms. The van der Waals surface area contributed by atoms with E-state index in [2.05, 4.69) is 5.16 Å². The van der Waals surface area contributed by atoms with Crippen molar-refractivity contribution < 1.29 is 24.6 Å². The fourth-order valence-corrected chi connectivity index (χ4v) is 0.567. The van der Waals surface area contributed by atoms with Crippen LogP contribution >= 0.6 is 11.6 Å². The van der Waals surface area contributed by atoms with Crippen molar-refractivity contribution in [2.75, 3.05) is 20.0 Å². The number of carbonyl (C=O) groups is 2. The number of carbonyl (C=O) groups excluding carboxylic acids is 1. The highest BCUT2D eigenvalue weighted by atomic mass is 35.5. The molecule has 0 saturated heterocycles. The maximum absolute atomic E-state index is 10.4. The smallest absolute Gasteiger partial charge is 0.413 e. The molecule has 0 unspecified atom stereocenters. The van der Waals surface area contributed by atoms with E-state index >= 15 is 0 Å². The van der Waals surface area contributed by atoms with Gasteiger partial charge in [-0.05, 0) is 13.8 Å². The first-order valence-corrected chi connectivity index (χ1v) is 5.04. The largest absolute Gasteiger partial charge is 0.465 e. The van der Waals surface area contributed by atoms with Crippen molar-refractivity contribution in [3.63, 3.8) is 0 Å². The molecule has 0 aliphatic carbocycles. The molecule has 0 spiro atoms. The van der Waals surface area contributed by atoms with Crippen LogP contribution in [-0.4, -0.2) is 59.1 Å². The number of methoxy groups -OCH3 is 1. The Hall–Kier alpha value is -1.34. The van der Waals surface area contributed by atoms with Gasteiger partial charge in [0.1, 0.15) is 11.5 Å². The predicted octanol–water partition coefficient (Wildman–Crippen LogP) is 1.23. The maximum Gasteiger partial charge on any atom is 0.413 e. The van der Waals surface area contributed by atoms with Crippen LogP contribution in [0.1, 0.15) is 13.8 Å². The van der Waals surface area contributed by atoms with Gasteiger partial charge in [-0.3, -0.25) is 4.79 Å². The Balaban J connectivity index is 0. The highest BCUT2D eigenvalue weighted by Gasteiger charge is 2.12. The Morgan fingerprint density at radius 3 is 2.12 bits per heavy atom. The number of carboxylic acid groups (broad SMARTS) is 1. The average molecular weight is 269 g/mol. The predicted molar refractivity (Wildman–Crippen MR) is 62.9 cm³/mol. The maximum atomic E-state index is 10.4. The summed E-state index contributed by atoms with van der Waals surface area (Å²) in [7, 11) is 2.70. The Morgan fingerprint density at radius 1 is 1.53 bits per heavy atom. The van der Waals surface area contributed by atoms with E-state index in [1.165, 1.54) is 6.21 Å². The molecule has 0 rings (SSSR count). The number of rotatable bonds is 3. The van der Waals surface area contributed by atoms with Gasteiger partial charge in [-0.15, -0.1) is 11.6 Å². The topological polar surface area (TPSA) is 99.4 Å². The van der Waals surface area contributed by atoms with Gasteiger partial charge in [-0.25, -0.2) is 9.69 Å². The van der Waals surface area contributed by atoms with Crippen molar-refractivity contribution in [2.24, 2.45) is 5.16 Å². The van der Waals surface area contributed by atoms with Crippen LogP contribution in [0.5, 0.6) is 0 Å². The third kappa shape index (κ3) is 9.58. The molecule has 7 nitrogen and oxygen atoms in total. The van der Waals surface area contributed by atoms with E-state index in [-0.39, 0.29) is 5.88 Å². The number of oxime groups is 1. The van der Waals surface area contributed by atoms with Gasteiger partial charge in [-0.1, -0.05) is 5.16 Å². The monoisotopic (exact) mass is 268 g/mol. The lowest BCUT2D eigenvalue weighted by atomic mass is 10.2. The zero-order valence-electron chi connectivity index (χ0n) is 10.2. The molecule has 0 heterocycles. The fourth-order valence-electron chi connectivity index (χ4n) is 0.388. The Labute approximate surface area is 105 Å². The van der Waals surface area contributed by atoms with Crippen molar-refractivity contribution in [1.29, 1.82) is 0 Å². The van der Waals surface area contributed by atoms with E-state index in [1.54, 1.807) is 21.0 Å². The first-order valence-electron chi connectivity index (χ1n) is 4.51. The molecule has 0 aromatic carbocycles. The lowest BCUT2D eigenvalue weighted by Crippen LogP contribution is -2.32. The van der Waals surface area contributed by atoms with Crippen LogP contribution in [0.15, 0.2) is 5.16 Å². The minimum Gasteiger partial charge on any atom is -0.465 e. The van der Waals surface area contributed by atoms with Gasteiger partial charge in [0.05, 0.1) is 6.21 Å². The first kappa shape index (κ1) is 18.0. The quantitative estimate of drug-likeness (QED) is 0.347. The highest BCUT2D eigenvalue weighted by molar-refractivity contribution is 6.28. The molecule has 0 atom stereocenters. The number of alkyl halides is 1. The molecule has 0 radical (unpaired) electrons. The zero-order valence-corrected chi connectivity index (χ0v) is 10.9. The van der Waals surface area contributed by atoms with E-state index in [1.807, 2.05) is 0 Å². The molecular formula is C9H17ClN2O5. The molecule has 0 bridgehead atoms. The van der Waals surface area contributed by atoms with Crippen molar-refractivity contribution >= 4 is 29.8 Å².